The van der Waals surface area contributed by atoms with Crippen LogP contribution in [-0.2, 0) is 0 Å². The molecular formula is C19H30O. The van der Waals surface area contributed by atoms with Gasteiger partial charge in [0.15, 0.2) is 0 Å². The standard InChI is InChI=1S/C19H30O/c1-18-9-3-4-16(18)15-6-5-13-12-14(20)7-11-19(13,2)17(15)8-10-18/h3,9,13-17,20H,4-8,10-12H2,1-2H3/t13?,14?,15-,16-,17-,18-,19-/m0/s1. The largest absolute Gasteiger partial charge is 0.393 e. The molecule has 20 heavy (non-hydrogen) atoms. The molecular weight excluding hydrogens is 244 g/mol. The molecule has 4 aliphatic carbocycles. The molecule has 3 saturated carbocycles. The van der Waals surface area contributed by atoms with E-state index in [4.69, 9.17) is 0 Å². The SMILES string of the molecule is C[C@@]12C=CC[C@H]1[C@@H]1CCC3CC(O)CC[C@]3(C)[C@H]1CC2. The third kappa shape index (κ3) is 1.71. The number of fused-ring (bicyclic) bond motifs is 5. The average Bonchev–Trinajstić information content (AvgIpc) is 2.81. The Morgan fingerprint density at radius 3 is 2.70 bits per heavy atom. The van der Waals surface area contributed by atoms with Crippen molar-refractivity contribution in [3.05, 3.63) is 12.2 Å². The highest BCUT2D eigenvalue weighted by Gasteiger charge is 2.56. The Hall–Kier alpha value is -0.300. The van der Waals surface area contributed by atoms with E-state index in [0.717, 1.165) is 36.5 Å². The van der Waals surface area contributed by atoms with E-state index >= 15 is 0 Å². The molecule has 0 bridgehead atoms. The van der Waals surface area contributed by atoms with E-state index in [9.17, 15) is 5.11 Å². The van der Waals surface area contributed by atoms with Gasteiger partial charge in [-0.05, 0) is 85.9 Å². The van der Waals surface area contributed by atoms with E-state index in [1.807, 2.05) is 0 Å². The van der Waals surface area contributed by atoms with Crippen molar-refractivity contribution in [1.29, 1.82) is 0 Å². The summed E-state index contributed by atoms with van der Waals surface area (Å²) in [6.45, 7) is 5.09. The molecule has 0 saturated heterocycles. The zero-order valence-electron chi connectivity index (χ0n) is 13.1. The average molecular weight is 274 g/mol. The molecule has 1 nitrogen and oxygen atoms in total. The highest BCUT2D eigenvalue weighted by Crippen LogP contribution is 2.64. The van der Waals surface area contributed by atoms with Crippen LogP contribution in [0.25, 0.3) is 0 Å². The molecule has 0 heterocycles. The van der Waals surface area contributed by atoms with Gasteiger partial charge >= 0.3 is 0 Å². The number of allylic oxidation sites excluding steroid dienone is 2. The molecule has 0 spiro atoms. The van der Waals surface area contributed by atoms with Crippen LogP contribution in [0.2, 0.25) is 0 Å². The Morgan fingerprint density at radius 1 is 1.00 bits per heavy atom. The Morgan fingerprint density at radius 2 is 1.85 bits per heavy atom. The molecule has 0 amide bonds. The topological polar surface area (TPSA) is 20.2 Å². The predicted molar refractivity (Wildman–Crippen MR) is 82.3 cm³/mol. The van der Waals surface area contributed by atoms with E-state index < -0.39 is 0 Å². The Balaban J connectivity index is 1.63. The van der Waals surface area contributed by atoms with Crippen molar-refractivity contribution in [1.82, 2.24) is 0 Å². The molecule has 7 atom stereocenters. The van der Waals surface area contributed by atoms with Crippen molar-refractivity contribution in [3.8, 4) is 0 Å². The quantitative estimate of drug-likeness (QED) is 0.642. The van der Waals surface area contributed by atoms with Gasteiger partial charge in [0.1, 0.15) is 0 Å². The van der Waals surface area contributed by atoms with E-state index in [1.165, 1.54) is 38.5 Å². The van der Waals surface area contributed by atoms with Crippen LogP contribution in [0.4, 0.5) is 0 Å². The fraction of sp³-hybridized carbons (Fsp3) is 0.895. The van der Waals surface area contributed by atoms with E-state index in [1.54, 1.807) is 0 Å². The second-order valence-corrected chi connectivity index (χ2v) is 8.77. The smallest absolute Gasteiger partial charge is 0.0543 e. The molecule has 2 unspecified atom stereocenters. The number of aliphatic hydroxyl groups excluding tert-OH is 1. The van der Waals surface area contributed by atoms with Gasteiger partial charge in [-0.2, -0.15) is 0 Å². The minimum absolute atomic E-state index is 0.00775. The van der Waals surface area contributed by atoms with Gasteiger partial charge in [0.05, 0.1) is 6.10 Å². The van der Waals surface area contributed by atoms with Crippen LogP contribution in [-0.4, -0.2) is 11.2 Å². The van der Waals surface area contributed by atoms with Crippen LogP contribution in [0.5, 0.6) is 0 Å². The Labute approximate surface area is 123 Å². The summed E-state index contributed by atoms with van der Waals surface area (Å²) in [7, 11) is 0. The van der Waals surface area contributed by atoms with Crippen LogP contribution < -0.4 is 0 Å². The highest BCUT2D eigenvalue weighted by atomic mass is 16.3. The molecule has 4 aliphatic rings. The number of rotatable bonds is 0. The molecule has 112 valence electrons. The maximum Gasteiger partial charge on any atom is 0.0543 e. The van der Waals surface area contributed by atoms with E-state index in [-0.39, 0.29) is 6.10 Å². The van der Waals surface area contributed by atoms with Crippen molar-refractivity contribution >= 4 is 0 Å². The highest BCUT2D eigenvalue weighted by molar-refractivity contribution is 5.16. The molecule has 1 heteroatoms. The van der Waals surface area contributed by atoms with Crippen molar-refractivity contribution in [3.63, 3.8) is 0 Å². The first-order valence-corrected chi connectivity index (χ1v) is 8.89. The molecule has 0 aliphatic heterocycles. The van der Waals surface area contributed by atoms with Crippen molar-refractivity contribution < 1.29 is 5.11 Å². The summed E-state index contributed by atoms with van der Waals surface area (Å²) in [6.07, 6.45) is 15.4. The molecule has 3 fully saturated rings. The minimum Gasteiger partial charge on any atom is -0.393 e. The fourth-order valence-electron chi connectivity index (χ4n) is 6.72. The van der Waals surface area contributed by atoms with Crippen LogP contribution in [0, 0.1) is 34.5 Å². The van der Waals surface area contributed by atoms with Gasteiger partial charge in [0.25, 0.3) is 0 Å². The summed E-state index contributed by atoms with van der Waals surface area (Å²) in [5, 5.41) is 10.0. The lowest BCUT2D eigenvalue weighted by molar-refractivity contribution is -0.116. The summed E-state index contributed by atoms with van der Waals surface area (Å²) in [5.74, 6) is 3.61. The van der Waals surface area contributed by atoms with Gasteiger partial charge in [-0.1, -0.05) is 26.0 Å². The van der Waals surface area contributed by atoms with Gasteiger partial charge in [-0.25, -0.2) is 0 Å². The first-order valence-electron chi connectivity index (χ1n) is 8.89. The monoisotopic (exact) mass is 274 g/mol. The van der Waals surface area contributed by atoms with Gasteiger partial charge < -0.3 is 5.11 Å². The lowest BCUT2D eigenvalue weighted by Gasteiger charge is -2.60. The summed E-state index contributed by atoms with van der Waals surface area (Å²) >= 11 is 0. The summed E-state index contributed by atoms with van der Waals surface area (Å²) < 4.78 is 0. The van der Waals surface area contributed by atoms with Gasteiger partial charge in [0, 0.05) is 0 Å². The molecule has 0 aromatic carbocycles. The first-order chi connectivity index (χ1) is 9.53. The lowest BCUT2D eigenvalue weighted by atomic mass is 9.45. The van der Waals surface area contributed by atoms with Gasteiger partial charge in [0.2, 0.25) is 0 Å². The Kier molecular flexibility index (Phi) is 2.91. The maximum atomic E-state index is 10.0. The van der Waals surface area contributed by atoms with E-state index in [0.29, 0.717) is 10.8 Å². The third-order valence-corrected chi connectivity index (χ3v) is 7.96. The second-order valence-electron chi connectivity index (χ2n) is 8.77. The molecule has 1 N–H and O–H groups in total. The van der Waals surface area contributed by atoms with Crippen LogP contribution >= 0.6 is 0 Å². The lowest BCUT2D eigenvalue weighted by Crippen LogP contribution is -2.53. The maximum absolute atomic E-state index is 10.0. The van der Waals surface area contributed by atoms with Crippen molar-refractivity contribution in [2.24, 2.45) is 34.5 Å². The number of aliphatic hydroxyl groups is 1. The third-order valence-electron chi connectivity index (χ3n) is 7.96. The molecule has 4 rings (SSSR count). The van der Waals surface area contributed by atoms with Crippen LogP contribution in [0.1, 0.15) is 65.2 Å². The molecule has 0 aromatic rings. The number of hydrogen-bond donors (Lipinski definition) is 1. The van der Waals surface area contributed by atoms with Gasteiger partial charge in [-0.15, -0.1) is 0 Å². The van der Waals surface area contributed by atoms with Gasteiger partial charge in [-0.3, -0.25) is 0 Å². The number of hydrogen-bond acceptors (Lipinski definition) is 1. The molecule has 0 radical (unpaired) electrons. The Bertz CT molecular complexity index is 427. The van der Waals surface area contributed by atoms with E-state index in [2.05, 4.69) is 26.0 Å². The zero-order valence-corrected chi connectivity index (χ0v) is 13.1. The summed E-state index contributed by atoms with van der Waals surface area (Å²) in [5.41, 5.74) is 1.05. The first kappa shape index (κ1) is 13.4. The second kappa shape index (κ2) is 4.35. The minimum atomic E-state index is -0.00775. The van der Waals surface area contributed by atoms with Crippen molar-refractivity contribution in [2.45, 2.75) is 71.3 Å². The fourth-order valence-corrected chi connectivity index (χ4v) is 6.72. The summed E-state index contributed by atoms with van der Waals surface area (Å²) in [4.78, 5) is 0. The normalized spacial score (nSPS) is 57.9. The predicted octanol–water partition coefficient (Wildman–Crippen LogP) is 4.56. The van der Waals surface area contributed by atoms with Crippen molar-refractivity contribution in [2.75, 3.05) is 0 Å². The summed E-state index contributed by atoms with van der Waals surface area (Å²) in [6, 6.07) is 0. The molecule has 0 aromatic heterocycles. The van der Waals surface area contributed by atoms with Crippen LogP contribution in [0.3, 0.4) is 0 Å². The zero-order chi connectivity index (χ0) is 14.0. The van der Waals surface area contributed by atoms with Crippen LogP contribution in [0.15, 0.2) is 12.2 Å².